The number of piperidine rings is 1. The summed E-state index contributed by atoms with van der Waals surface area (Å²) in [5.41, 5.74) is 2.73. The molecule has 186 valence electrons. The van der Waals surface area contributed by atoms with Crippen molar-refractivity contribution in [3.05, 3.63) is 83.7 Å². The number of rotatable bonds is 8. The lowest BCUT2D eigenvalue weighted by atomic mass is 10.0. The molecule has 0 radical (unpaired) electrons. The summed E-state index contributed by atoms with van der Waals surface area (Å²) >= 11 is 0. The highest BCUT2D eigenvalue weighted by molar-refractivity contribution is 7.92. The van der Waals surface area contributed by atoms with E-state index in [9.17, 15) is 12.8 Å². The fourth-order valence-electron chi connectivity index (χ4n) is 4.49. The predicted octanol–water partition coefficient (Wildman–Crippen LogP) is 5.01. The van der Waals surface area contributed by atoms with Gasteiger partial charge in [0.25, 0.3) is 10.0 Å². The van der Waals surface area contributed by atoms with Crippen LogP contribution in [-0.4, -0.2) is 46.7 Å². The molecule has 1 heterocycles. The van der Waals surface area contributed by atoms with E-state index >= 15 is 0 Å². The Bertz CT molecular complexity index is 1240. The van der Waals surface area contributed by atoms with E-state index in [1.807, 2.05) is 49.4 Å². The highest BCUT2D eigenvalue weighted by Crippen LogP contribution is 2.32. The van der Waals surface area contributed by atoms with Crippen LogP contribution in [0.15, 0.2) is 71.6 Å². The lowest BCUT2D eigenvalue weighted by Gasteiger charge is -2.39. The first-order chi connectivity index (χ1) is 16.8. The molecule has 0 saturated carbocycles. The Hall–Kier alpha value is -3.10. The maximum absolute atomic E-state index is 13.7. The summed E-state index contributed by atoms with van der Waals surface area (Å²) in [6, 6.07) is 18.1. The van der Waals surface area contributed by atoms with Crippen molar-refractivity contribution in [1.29, 1.82) is 0 Å². The third-order valence-electron chi connectivity index (χ3n) is 6.44. The summed E-state index contributed by atoms with van der Waals surface area (Å²) in [6.45, 7) is 4.14. The van der Waals surface area contributed by atoms with Crippen molar-refractivity contribution in [3.63, 3.8) is 0 Å². The van der Waals surface area contributed by atoms with Gasteiger partial charge in [-0.1, -0.05) is 23.8 Å². The second-order valence-corrected chi connectivity index (χ2v) is 10.6. The van der Waals surface area contributed by atoms with Crippen LogP contribution in [0.4, 0.5) is 10.1 Å². The Labute approximate surface area is 206 Å². The molecule has 0 spiro atoms. The van der Waals surface area contributed by atoms with Gasteiger partial charge >= 0.3 is 0 Å². The molecular formula is C27H31FN2O4S. The molecule has 1 fully saturated rings. The van der Waals surface area contributed by atoms with Gasteiger partial charge in [-0.05, 0) is 62.2 Å². The largest absolute Gasteiger partial charge is 0.497 e. The van der Waals surface area contributed by atoms with E-state index in [-0.39, 0.29) is 10.9 Å². The molecule has 0 N–H and O–H groups in total. The van der Waals surface area contributed by atoms with Gasteiger partial charge in [0, 0.05) is 37.3 Å². The van der Waals surface area contributed by atoms with Crippen LogP contribution in [0.25, 0.3) is 0 Å². The number of hydrogen-bond acceptors (Lipinski definition) is 5. The van der Waals surface area contributed by atoms with Gasteiger partial charge in [0.1, 0.15) is 17.3 Å². The first kappa shape index (κ1) is 25.0. The van der Waals surface area contributed by atoms with Crippen LogP contribution in [0.2, 0.25) is 0 Å². The average Bonchev–Trinajstić information content (AvgIpc) is 2.87. The lowest BCUT2D eigenvalue weighted by Crippen LogP contribution is -2.47. The van der Waals surface area contributed by atoms with Crippen LogP contribution in [-0.2, 0) is 16.6 Å². The molecule has 1 aliphatic rings. The second kappa shape index (κ2) is 10.7. The lowest BCUT2D eigenvalue weighted by molar-refractivity contribution is 0.204. The minimum absolute atomic E-state index is 0.0878. The molecule has 0 atom stereocenters. The molecule has 8 heteroatoms. The number of sulfonamides is 1. The zero-order chi connectivity index (χ0) is 25.0. The Balaban J connectivity index is 1.55. The number of likely N-dealkylation sites (tertiary alicyclic amines) is 1. The summed E-state index contributed by atoms with van der Waals surface area (Å²) in [7, 11) is -0.597. The summed E-state index contributed by atoms with van der Waals surface area (Å²) < 4.78 is 53.2. The normalized spacial score (nSPS) is 15.1. The molecule has 35 heavy (non-hydrogen) atoms. The van der Waals surface area contributed by atoms with Crippen molar-refractivity contribution < 1.29 is 22.3 Å². The molecule has 0 aliphatic carbocycles. The summed E-state index contributed by atoms with van der Waals surface area (Å²) in [5.74, 6) is 1.05. The van der Waals surface area contributed by atoms with Crippen LogP contribution >= 0.6 is 0 Å². The van der Waals surface area contributed by atoms with Crippen LogP contribution in [0.5, 0.6) is 11.5 Å². The fraction of sp³-hybridized carbons (Fsp3) is 0.333. The zero-order valence-electron chi connectivity index (χ0n) is 20.3. The highest BCUT2D eigenvalue weighted by atomic mass is 32.2. The number of hydrogen-bond donors (Lipinski definition) is 0. The molecule has 4 rings (SSSR count). The Morgan fingerprint density at radius 3 is 2.20 bits per heavy atom. The summed E-state index contributed by atoms with van der Waals surface area (Å²) in [6.07, 6.45) is 1.35. The molecule has 1 aliphatic heterocycles. The van der Waals surface area contributed by atoms with Crippen molar-refractivity contribution in [1.82, 2.24) is 4.90 Å². The van der Waals surface area contributed by atoms with Gasteiger partial charge in [-0.3, -0.25) is 9.21 Å². The summed E-state index contributed by atoms with van der Waals surface area (Å²) in [5, 5.41) is 0. The molecule has 1 saturated heterocycles. The van der Waals surface area contributed by atoms with E-state index in [1.165, 1.54) is 28.6 Å². The van der Waals surface area contributed by atoms with Gasteiger partial charge < -0.3 is 9.47 Å². The van der Waals surface area contributed by atoms with Crippen molar-refractivity contribution in [2.75, 3.05) is 31.6 Å². The number of methoxy groups -OCH3 is 2. The van der Waals surface area contributed by atoms with E-state index in [1.54, 1.807) is 14.2 Å². The molecule has 0 aromatic heterocycles. The Kier molecular flexibility index (Phi) is 7.62. The van der Waals surface area contributed by atoms with Crippen molar-refractivity contribution >= 4 is 15.7 Å². The highest BCUT2D eigenvalue weighted by Gasteiger charge is 2.34. The molecule has 3 aromatic rings. The first-order valence-corrected chi connectivity index (χ1v) is 13.1. The SMILES string of the molecule is COc1ccc(CN2CCC(N(c3ccc(C)cc3)S(=O)(=O)c3ccc(F)cc3)CC2)c(OC)c1. The van der Waals surface area contributed by atoms with E-state index in [2.05, 4.69) is 4.90 Å². The minimum Gasteiger partial charge on any atom is -0.497 e. The van der Waals surface area contributed by atoms with Crippen molar-refractivity contribution in [3.8, 4) is 11.5 Å². The van der Waals surface area contributed by atoms with Crippen molar-refractivity contribution in [2.24, 2.45) is 0 Å². The van der Waals surface area contributed by atoms with Gasteiger partial charge in [-0.25, -0.2) is 12.8 Å². The molecule has 0 amide bonds. The number of nitrogens with zero attached hydrogens (tertiary/aromatic N) is 2. The van der Waals surface area contributed by atoms with E-state index in [0.29, 0.717) is 25.1 Å². The maximum atomic E-state index is 13.7. The second-order valence-electron chi connectivity index (χ2n) is 8.78. The maximum Gasteiger partial charge on any atom is 0.264 e. The van der Waals surface area contributed by atoms with Gasteiger partial charge in [-0.2, -0.15) is 0 Å². The van der Waals surface area contributed by atoms with Crippen molar-refractivity contribution in [2.45, 2.75) is 37.2 Å². The standard InChI is InChI=1S/C27H31FN2O4S/c1-20-4-9-23(10-5-20)30(35(31,32)26-12-7-22(28)8-13-26)24-14-16-29(17-15-24)19-21-6-11-25(33-2)18-27(21)34-3/h4-13,18,24H,14-17,19H2,1-3H3. The van der Waals surface area contributed by atoms with Gasteiger partial charge in [-0.15, -0.1) is 0 Å². The number of anilines is 1. The van der Waals surface area contributed by atoms with Gasteiger partial charge in [0.15, 0.2) is 0 Å². The quantitative estimate of drug-likeness (QED) is 0.437. The topological polar surface area (TPSA) is 59.1 Å². The van der Waals surface area contributed by atoms with Crippen LogP contribution < -0.4 is 13.8 Å². The Morgan fingerprint density at radius 2 is 1.60 bits per heavy atom. The third kappa shape index (κ3) is 5.60. The average molecular weight is 499 g/mol. The monoisotopic (exact) mass is 498 g/mol. The van der Waals surface area contributed by atoms with Gasteiger partial charge in [0.2, 0.25) is 0 Å². The first-order valence-electron chi connectivity index (χ1n) is 11.6. The zero-order valence-corrected chi connectivity index (χ0v) is 21.1. The predicted molar refractivity (Wildman–Crippen MR) is 135 cm³/mol. The number of ether oxygens (including phenoxy) is 2. The fourth-order valence-corrected chi connectivity index (χ4v) is 6.20. The minimum atomic E-state index is -3.86. The molecule has 6 nitrogen and oxygen atoms in total. The Morgan fingerprint density at radius 1 is 0.943 bits per heavy atom. The van der Waals surface area contributed by atoms with Crippen LogP contribution in [0.3, 0.4) is 0 Å². The molecule has 3 aromatic carbocycles. The number of halogens is 1. The number of aryl methyl sites for hydroxylation is 1. The smallest absolute Gasteiger partial charge is 0.264 e. The van der Waals surface area contributed by atoms with Crippen LogP contribution in [0.1, 0.15) is 24.0 Å². The summed E-state index contributed by atoms with van der Waals surface area (Å²) in [4.78, 5) is 2.39. The molecular weight excluding hydrogens is 467 g/mol. The molecule has 0 bridgehead atoms. The van der Waals surface area contributed by atoms with E-state index in [4.69, 9.17) is 9.47 Å². The number of benzene rings is 3. The van der Waals surface area contributed by atoms with E-state index < -0.39 is 15.8 Å². The van der Waals surface area contributed by atoms with Crippen LogP contribution in [0, 0.1) is 12.7 Å². The van der Waals surface area contributed by atoms with E-state index in [0.717, 1.165) is 35.7 Å². The third-order valence-corrected chi connectivity index (χ3v) is 8.33. The van der Waals surface area contributed by atoms with Gasteiger partial charge in [0.05, 0.1) is 24.8 Å². The molecule has 0 unspecified atom stereocenters.